The summed E-state index contributed by atoms with van der Waals surface area (Å²) in [5.74, 6) is 0.502. The number of nitrogens with one attached hydrogen (secondary N) is 3. The van der Waals surface area contributed by atoms with Crippen molar-refractivity contribution in [1.82, 2.24) is 31.3 Å². The predicted molar refractivity (Wildman–Crippen MR) is 85.9 cm³/mol. The summed E-state index contributed by atoms with van der Waals surface area (Å²) in [6.45, 7) is 3.71. The van der Waals surface area contributed by atoms with Gasteiger partial charge in [-0.2, -0.15) is 5.21 Å². The van der Waals surface area contributed by atoms with Crippen LogP contribution in [-0.2, 0) is 16.1 Å². The summed E-state index contributed by atoms with van der Waals surface area (Å²) < 4.78 is 5.47. The molecular formula is C14H19ClN6O2. The lowest BCUT2D eigenvalue weighted by molar-refractivity contribution is -0.129. The Bertz CT molecular complexity index is 619. The number of aromatic nitrogens is 4. The summed E-state index contributed by atoms with van der Waals surface area (Å²) in [7, 11) is 0. The van der Waals surface area contributed by atoms with Gasteiger partial charge in [-0.25, -0.2) is 0 Å². The Morgan fingerprint density at radius 3 is 2.83 bits per heavy atom. The lowest BCUT2D eigenvalue weighted by Gasteiger charge is -2.29. The Hall–Kier alpha value is -2.03. The van der Waals surface area contributed by atoms with Crippen molar-refractivity contribution in [3.8, 4) is 11.4 Å². The molecule has 0 bridgehead atoms. The minimum Gasteiger partial charge on any atom is -0.375 e. The molecule has 9 heteroatoms. The molecule has 2 heterocycles. The zero-order chi connectivity index (χ0) is 15.4. The third-order valence-corrected chi connectivity index (χ3v) is 3.62. The molecule has 2 atom stereocenters. The normalized spacial score (nSPS) is 20.6. The van der Waals surface area contributed by atoms with Crippen molar-refractivity contribution in [2.24, 2.45) is 0 Å². The number of rotatable bonds is 4. The number of hydrogen-bond acceptors (Lipinski definition) is 6. The van der Waals surface area contributed by atoms with Crippen LogP contribution in [0, 0.1) is 0 Å². The highest BCUT2D eigenvalue weighted by molar-refractivity contribution is 5.85. The summed E-state index contributed by atoms with van der Waals surface area (Å²) in [4.78, 5) is 12.1. The van der Waals surface area contributed by atoms with E-state index in [1.807, 2.05) is 31.2 Å². The van der Waals surface area contributed by atoms with Gasteiger partial charge in [-0.3, -0.25) is 4.79 Å². The number of halogens is 1. The largest absolute Gasteiger partial charge is 0.375 e. The number of H-pyrrole nitrogens is 1. The Kier molecular flexibility index (Phi) is 6.03. The van der Waals surface area contributed by atoms with Crippen molar-refractivity contribution in [3.63, 3.8) is 0 Å². The van der Waals surface area contributed by atoms with Crippen LogP contribution in [0.25, 0.3) is 11.4 Å². The molecule has 1 aromatic carbocycles. The highest BCUT2D eigenvalue weighted by Crippen LogP contribution is 2.14. The molecule has 1 amide bonds. The van der Waals surface area contributed by atoms with Gasteiger partial charge in [0.15, 0.2) is 0 Å². The van der Waals surface area contributed by atoms with E-state index in [0.717, 1.165) is 11.1 Å². The number of amides is 1. The highest BCUT2D eigenvalue weighted by Gasteiger charge is 2.27. The van der Waals surface area contributed by atoms with Crippen molar-refractivity contribution in [2.75, 3.05) is 13.2 Å². The minimum absolute atomic E-state index is 0. The number of hydrogen-bond donors (Lipinski definition) is 3. The molecule has 0 unspecified atom stereocenters. The molecule has 3 rings (SSSR count). The number of nitrogens with zero attached hydrogens (tertiary/aromatic N) is 3. The SMILES string of the molecule is C[C@H]1OCCN[C@@H]1C(=O)NCc1ccc(-c2nn[nH]n2)cc1.Cl. The van der Waals surface area contributed by atoms with E-state index in [9.17, 15) is 4.79 Å². The Labute approximate surface area is 139 Å². The minimum atomic E-state index is -0.299. The van der Waals surface area contributed by atoms with Crippen LogP contribution >= 0.6 is 12.4 Å². The molecule has 1 aliphatic rings. The molecule has 0 saturated carbocycles. The molecule has 0 spiro atoms. The summed E-state index contributed by atoms with van der Waals surface area (Å²) in [5, 5.41) is 19.9. The zero-order valence-corrected chi connectivity index (χ0v) is 13.5. The van der Waals surface area contributed by atoms with Crippen molar-refractivity contribution in [3.05, 3.63) is 29.8 Å². The average molecular weight is 339 g/mol. The number of carbonyl (C=O) groups is 1. The van der Waals surface area contributed by atoms with E-state index in [1.54, 1.807) is 0 Å². The monoisotopic (exact) mass is 338 g/mol. The quantitative estimate of drug-likeness (QED) is 0.739. The van der Waals surface area contributed by atoms with Gasteiger partial charge in [0, 0.05) is 18.7 Å². The van der Waals surface area contributed by atoms with E-state index >= 15 is 0 Å². The second-order valence-electron chi connectivity index (χ2n) is 5.16. The highest BCUT2D eigenvalue weighted by atomic mass is 35.5. The number of carbonyl (C=O) groups excluding carboxylic acids is 1. The molecule has 3 N–H and O–H groups in total. The number of benzene rings is 1. The van der Waals surface area contributed by atoms with E-state index in [4.69, 9.17) is 4.74 Å². The van der Waals surface area contributed by atoms with Gasteiger partial charge in [0.05, 0.1) is 12.7 Å². The van der Waals surface area contributed by atoms with Gasteiger partial charge >= 0.3 is 0 Å². The van der Waals surface area contributed by atoms with Crippen molar-refractivity contribution in [1.29, 1.82) is 0 Å². The van der Waals surface area contributed by atoms with E-state index in [-0.39, 0.29) is 30.5 Å². The van der Waals surface area contributed by atoms with Crippen molar-refractivity contribution < 1.29 is 9.53 Å². The molecule has 1 aromatic heterocycles. The van der Waals surface area contributed by atoms with Gasteiger partial charge in [-0.05, 0) is 17.7 Å². The molecule has 23 heavy (non-hydrogen) atoms. The molecule has 1 aliphatic heterocycles. The first-order chi connectivity index (χ1) is 10.7. The standard InChI is InChI=1S/C14H18N6O2.ClH/c1-9-12(15-6-7-22-9)14(21)16-8-10-2-4-11(5-3-10)13-17-19-20-18-13;/h2-5,9,12,15H,6-8H2,1H3,(H,16,21)(H,17,18,19,20);1H/t9-,12+;/m1./s1. The van der Waals surface area contributed by atoms with E-state index < -0.39 is 0 Å². The Morgan fingerprint density at radius 2 is 2.17 bits per heavy atom. The van der Waals surface area contributed by atoms with Gasteiger partial charge in [-0.15, -0.1) is 22.6 Å². The van der Waals surface area contributed by atoms with Crippen LogP contribution in [0.15, 0.2) is 24.3 Å². The van der Waals surface area contributed by atoms with E-state index in [1.165, 1.54) is 0 Å². The van der Waals surface area contributed by atoms with Gasteiger partial charge < -0.3 is 15.4 Å². The number of morpholine rings is 1. The fraction of sp³-hybridized carbons (Fsp3) is 0.429. The summed E-state index contributed by atoms with van der Waals surface area (Å²) in [5.41, 5.74) is 1.88. The maximum Gasteiger partial charge on any atom is 0.240 e. The second kappa shape index (κ2) is 8.00. The van der Waals surface area contributed by atoms with Crippen molar-refractivity contribution >= 4 is 18.3 Å². The van der Waals surface area contributed by atoms with E-state index in [2.05, 4.69) is 31.3 Å². The van der Waals surface area contributed by atoms with Crippen LogP contribution in [0.5, 0.6) is 0 Å². The molecule has 1 fully saturated rings. The zero-order valence-electron chi connectivity index (χ0n) is 12.7. The Morgan fingerprint density at radius 1 is 1.39 bits per heavy atom. The summed E-state index contributed by atoms with van der Waals surface area (Å²) >= 11 is 0. The van der Waals surface area contributed by atoms with Gasteiger partial charge in [0.25, 0.3) is 0 Å². The number of tetrazole rings is 1. The first-order valence-electron chi connectivity index (χ1n) is 7.19. The molecule has 0 radical (unpaired) electrons. The first kappa shape index (κ1) is 17.3. The average Bonchev–Trinajstić information content (AvgIpc) is 3.08. The molecule has 124 valence electrons. The fourth-order valence-electron chi connectivity index (χ4n) is 2.38. The van der Waals surface area contributed by atoms with Gasteiger partial charge in [0.1, 0.15) is 6.04 Å². The number of ether oxygens (including phenoxy) is 1. The molecule has 1 saturated heterocycles. The van der Waals surface area contributed by atoms with Gasteiger partial charge in [0.2, 0.25) is 11.7 Å². The van der Waals surface area contributed by atoms with Crippen LogP contribution in [-0.4, -0.2) is 51.8 Å². The fourth-order valence-corrected chi connectivity index (χ4v) is 2.38. The molecule has 2 aromatic rings. The first-order valence-corrected chi connectivity index (χ1v) is 7.19. The second-order valence-corrected chi connectivity index (χ2v) is 5.16. The maximum atomic E-state index is 12.1. The lowest BCUT2D eigenvalue weighted by atomic mass is 10.1. The number of aromatic amines is 1. The van der Waals surface area contributed by atoms with Crippen LogP contribution in [0.1, 0.15) is 12.5 Å². The molecular weight excluding hydrogens is 320 g/mol. The third kappa shape index (κ3) is 4.25. The van der Waals surface area contributed by atoms with Crippen LogP contribution in [0.2, 0.25) is 0 Å². The topological polar surface area (TPSA) is 105 Å². The van der Waals surface area contributed by atoms with E-state index in [0.29, 0.717) is 25.5 Å². The molecule has 0 aliphatic carbocycles. The third-order valence-electron chi connectivity index (χ3n) is 3.62. The lowest BCUT2D eigenvalue weighted by Crippen LogP contribution is -2.55. The van der Waals surface area contributed by atoms with Crippen LogP contribution < -0.4 is 10.6 Å². The van der Waals surface area contributed by atoms with Crippen LogP contribution in [0.4, 0.5) is 0 Å². The predicted octanol–water partition coefficient (Wildman–Crippen LogP) is 0.282. The van der Waals surface area contributed by atoms with Crippen LogP contribution in [0.3, 0.4) is 0 Å². The summed E-state index contributed by atoms with van der Waals surface area (Å²) in [6.07, 6.45) is -0.116. The summed E-state index contributed by atoms with van der Waals surface area (Å²) in [6, 6.07) is 7.36. The smallest absolute Gasteiger partial charge is 0.240 e. The van der Waals surface area contributed by atoms with Crippen molar-refractivity contribution in [2.45, 2.75) is 25.6 Å². The maximum absolute atomic E-state index is 12.1. The van der Waals surface area contributed by atoms with Gasteiger partial charge in [-0.1, -0.05) is 24.3 Å². The Balaban J connectivity index is 0.00000192. The molecule has 8 nitrogen and oxygen atoms in total.